The molecule has 0 radical (unpaired) electrons. The second kappa shape index (κ2) is 2.18. The maximum Gasteiger partial charge on any atom is 0.139 e. The monoisotopic (exact) mass is 178 g/mol. The Bertz CT molecular complexity index is 270. The lowest BCUT2D eigenvalue weighted by Crippen LogP contribution is -2.43. The summed E-state index contributed by atoms with van der Waals surface area (Å²) in [5.41, 5.74) is 0.606. The first-order chi connectivity index (χ1) is 6.19. The Morgan fingerprint density at radius 2 is 2.15 bits per heavy atom. The molecule has 0 unspecified atom stereocenters. The van der Waals surface area contributed by atoms with Crippen molar-refractivity contribution in [3.8, 4) is 0 Å². The van der Waals surface area contributed by atoms with Gasteiger partial charge in [0.2, 0.25) is 0 Å². The van der Waals surface area contributed by atoms with Gasteiger partial charge in [0, 0.05) is 11.8 Å². The maximum atomic E-state index is 12.0. The molecule has 0 aliphatic heterocycles. The minimum atomic E-state index is 0.105. The van der Waals surface area contributed by atoms with Gasteiger partial charge in [0.15, 0.2) is 0 Å². The van der Waals surface area contributed by atoms with Gasteiger partial charge in [0.1, 0.15) is 5.78 Å². The molecule has 0 heterocycles. The van der Waals surface area contributed by atoms with Crippen molar-refractivity contribution in [3.05, 3.63) is 0 Å². The van der Waals surface area contributed by atoms with E-state index in [9.17, 15) is 4.79 Å². The molecule has 0 N–H and O–H groups in total. The predicted molar refractivity (Wildman–Crippen MR) is 51.4 cm³/mol. The number of carbonyl (C=O) groups excluding carboxylic acids is 1. The number of hydrogen-bond acceptors (Lipinski definition) is 1. The standard InChI is InChI=1S/C12H18O/c1-11-6-2-4-9-8-12(9,11)7-3-5-10(11)13/h9H,2-8H2,1H3/t9-,11+,12+/m0/s1. The van der Waals surface area contributed by atoms with E-state index in [1.807, 2.05) is 0 Å². The highest BCUT2D eigenvalue weighted by atomic mass is 16.1. The highest BCUT2D eigenvalue weighted by molar-refractivity contribution is 5.87. The van der Waals surface area contributed by atoms with Crippen LogP contribution in [0.2, 0.25) is 0 Å². The maximum absolute atomic E-state index is 12.0. The second-order valence-electron chi connectivity index (χ2n) is 5.56. The van der Waals surface area contributed by atoms with Crippen LogP contribution < -0.4 is 0 Å². The Morgan fingerprint density at radius 1 is 1.31 bits per heavy atom. The molecular weight excluding hydrogens is 160 g/mol. The third-order valence-electron chi connectivity index (χ3n) is 5.20. The van der Waals surface area contributed by atoms with Gasteiger partial charge in [-0.15, -0.1) is 0 Å². The molecule has 0 aromatic carbocycles. The van der Waals surface area contributed by atoms with E-state index in [-0.39, 0.29) is 5.41 Å². The Hall–Kier alpha value is -0.330. The largest absolute Gasteiger partial charge is 0.299 e. The SMILES string of the molecule is C[C@]12CCC[C@H]3C[C@]31CCCC2=O. The second-order valence-corrected chi connectivity index (χ2v) is 5.56. The van der Waals surface area contributed by atoms with Crippen LogP contribution in [0.4, 0.5) is 0 Å². The molecule has 3 saturated carbocycles. The number of carbonyl (C=O) groups is 1. The molecule has 0 saturated heterocycles. The van der Waals surface area contributed by atoms with E-state index in [4.69, 9.17) is 0 Å². The van der Waals surface area contributed by atoms with Crippen molar-refractivity contribution < 1.29 is 4.79 Å². The van der Waals surface area contributed by atoms with Crippen LogP contribution in [0, 0.1) is 16.7 Å². The van der Waals surface area contributed by atoms with Crippen LogP contribution >= 0.6 is 0 Å². The summed E-state index contributed by atoms with van der Waals surface area (Å²) < 4.78 is 0. The van der Waals surface area contributed by atoms with Gasteiger partial charge in [-0.05, 0) is 43.4 Å². The quantitative estimate of drug-likeness (QED) is 0.557. The van der Waals surface area contributed by atoms with E-state index in [0.29, 0.717) is 11.2 Å². The average molecular weight is 178 g/mol. The normalized spacial score (nSPS) is 53.9. The fraction of sp³-hybridized carbons (Fsp3) is 0.917. The summed E-state index contributed by atoms with van der Waals surface area (Å²) in [5, 5.41) is 0. The predicted octanol–water partition coefficient (Wildman–Crippen LogP) is 2.94. The van der Waals surface area contributed by atoms with E-state index in [1.54, 1.807) is 0 Å². The smallest absolute Gasteiger partial charge is 0.139 e. The molecule has 3 aliphatic rings. The number of rotatable bonds is 0. The van der Waals surface area contributed by atoms with Crippen molar-refractivity contribution in [3.63, 3.8) is 0 Å². The lowest BCUT2D eigenvalue weighted by Gasteiger charge is -2.44. The van der Waals surface area contributed by atoms with Gasteiger partial charge in [-0.3, -0.25) is 4.79 Å². The minimum absolute atomic E-state index is 0.105. The van der Waals surface area contributed by atoms with Crippen molar-refractivity contribution in [1.29, 1.82) is 0 Å². The molecule has 3 aliphatic carbocycles. The van der Waals surface area contributed by atoms with Gasteiger partial charge in [-0.1, -0.05) is 13.3 Å². The third-order valence-corrected chi connectivity index (χ3v) is 5.20. The highest BCUT2D eigenvalue weighted by Gasteiger charge is 2.68. The number of Topliss-reactive ketones (excluding diaryl/α,β-unsaturated/α-hetero) is 1. The van der Waals surface area contributed by atoms with Crippen LogP contribution in [-0.4, -0.2) is 5.78 Å². The van der Waals surface area contributed by atoms with Gasteiger partial charge in [0.25, 0.3) is 0 Å². The summed E-state index contributed by atoms with van der Waals surface area (Å²) in [6.07, 6.45) is 8.64. The van der Waals surface area contributed by atoms with Crippen LogP contribution in [0.25, 0.3) is 0 Å². The zero-order valence-corrected chi connectivity index (χ0v) is 8.44. The number of ketones is 1. The zero-order chi connectivity index (χ0) is 9.10. The van der Waals surface area contributed by atoms with Crippen molar-refractivity contribution in [2.75, 3.05) is 0 Å². The first-order valence-electron chi connectivity index (χ1n) is 5.72. The Labute approximate surface area is 79.9 Å². The Balaban J connectivity index is 2.01. The summed E-state index contributed by atoms with van der Waals surface area (Å²) >= 11 is 0. The van der Waals surface area contributed by atoms with Crippen LogP contribution in [0.3, 0.4) is 0 Å². The van der Waals surface area contributed by atoms with E-state index >= 15 is 0 Å². The highest BCUT2D eigenvalue weighted by Crippen LogP contribution is 2.73. The van der Waals surface area contributed by atoms with Crippen molar-refractivity contribution in [2.45, 2.75) is 51.9 Å². The van der Waals surface area contributed by atoms with Gasteiger partial charge >= 0.3 is 0 Å². The van der Waals surface area contributed by atoms with Crippen LogP contribution in [0.1, 0.15) is 51.9 Å². The van der Waals surface area contributed by atoms with Crippen LogP contribution in [0.5, 0.6) is 0 Å². The van der Waals surface area contributed by atoms with Gasteiger partial charge in [-0.2, -0.15) is 0 Å². The molecule has 0 amide bonds. The molecule has 0 bridgehead atoms. The molecule has 1 spiro atoms. The molecule has 3 fully saturated rings. The molecular formula is C12H18O. The molecule has 13 heavy (non-hydrogen) atoms. The van der Waals surface area contributed by atoms with E-state index in [2.05, 4.69) is 6.92 Å². The molecule has 3 rings (SSSR count). The fourth-order valence-electron chi connectivity index (χ4n) is 4.23. The van der Waals surface area contributed by atoms with Gasteiger partial charge < -0.3 is 0 Å². The van der Waals surface area contributed by atoms with E-state index in [1.165, 1.54) is 38.5 Å². The summed E-state index contributed by atoms with van der Waals surface area (Å²) in [5.74, 6) is 1.51. The first-order valence-corrected chi connectivity index (χ1v) is 5.72. The van der Waals surface area contributed by atoms with Crippen molar-refractivity contribution >= 4 is 5.78 Å². The summed E-state index contributed by atoms with van der Waals surface area (Å²) in [6.45, 7) is 2.26. The molecule has 0 aromatic rings. The van der Waals surface area contributed by atoms with Crippen molar-refractivity contribution in [2.24, 2.45) is 16.7 Å². The van der Waals surface area contributed by atoms with Crippen LogP contribution in [-0.2, 0) is 4.79 Å². The Morgan fingerprint density at radius 3 is 2.92 bits per heavy atom. The fourth-order valence-corrected chi connectivity index (χ4v) is 4.23. The molecule has 3 atom stereocenters. The topological polar surface area (TPSA) is 17.1 Å². The first kappa shape index (κ1) is 8.02. The van der Waals surface area contributed by atoms with E-state index in [0.717, 1.165) is 12.3 Å². The van der Waals surface area contributed by atoms with Crippen molar-refractivity contribution in [1.82, 2.24) is 0 Å². The molecule has 1 heteroatoms. The summed E-state index contributed by atoms with van der Waals surface area (Å²) in [7, 11) is 0. The van der Waals surface area contributed by atoms with Gasteiger partial charge in [-0.25, -0.2) is 0 Å². The molecule has 72 valence electrons. The summed E-state index contributed by atoms with van der Waals surface area (Å²) in [4.78, 5) is 12.0. The lowest BCUT2D eigenvalue weighted by atomic mass is 9.58. The Kier molecular flexibility index (Phi) is 1.35. The number of hydrogen-bond donors (Lipinski definition) is 0. The third kappa shape index (κ3) is 0.769. The molecule has 0 aromatic heterocycles. The minimum Gasteiger partial charge on any atom is -0.299 e. The van der Waals surface area contributed by atoms with Gasteiger partial charge in [0.05, 0.1) is 0 Å². The van der Waals surface area contributed by atoms with Crippen LogP contribution in [0.15, 0.2) is 0 Å². The average Bonchev–Trinajstić information content (AvgIpc) is 2.79. The zero-order valence-electron chi connectivity index (χ0n) is 8.44. The van der Waals surface area contributed by atoms with E-state index < -0.39 is 0 Å². The molecule has 1 nitrogen and oxygen atoms in total. The lowest BCUT2D eigenvalue weighted by molar-refractivity contribution is -0.138. The summed E-state index contributed by atoms with van der Waals surface area (Å²) in [6, 6.07) is 0.